The fourth-order valence-corrected chi connectivity index (χ4v) is 1.21. The molecule has 1 heterocycles. The van der Waals surface area contributed by atoms with Gasteiger partial charge in [0.05, 0.1) is 6.61 Å². The van der Waals surface area contributed by atoms with Gasteiger partial charge in [-0.15, -0.1) is 12.4 Å². The van der Waals surface area contributed by atoms with Crippen LogP contribution in [-0.4, -0.2) is 31.0 Å². The van der Waals surface area contributed by atoms with Crippen LogP contribution in [0.2, 0.25) is 0 Å². The Morgan fingerprint density at radius 3 is 2.17 bits per heavy atom. The monoisotopic (exact) mass is 205 g/mol. The molecule has 12 heavy (non-hydrogen) atoms. The molecule has 1 rings (SSSR count). The van der Waals surface area contributed by atoms with Crippen LogP contribution < -0.4 is 5.32 Å². The molecule has 1 saturated heterocycles. The Bertz CT molecular complexity index is 144. The van der Waals surface area contributed by atoms with Gasteiger partial charge in [-0.3, -0.25) is 0 Å². The first-order chi connectivity index (χ1) is 5.02. The predicted molar refractivity (Wildman–Crippen MR) is 40.3 cm³/mol. The second-order valence-corrected chi connectivity index (χ2v) is 2.86. The summed E-state index contributed by atoms with van der Waals surface area (Å²) < 4.78 is 36.6. The zero-order valence-corrected chi connectivity index (χ0v) is 7.13. The topological polar surface area (TPSA) is 32.3 Å². The van der Waals surface area contributed by atoms with Gasteiger partial charge in [0.2, 0.25) is 0 Å². The number of halogens is 4. The number of rotatable bonds is 1. The lowest BCUT2D eigenvalue weighted by Crippen LogP contribution is -2.42. The highest BCUT2D eigenvalue weighted by molar-refractivity contribution is 5.85. The van der Waals surface area contributed by atoms with Crippen molar-refractivity contribution in [2.45, 2.75) is 12.6 Å². The van der Waals surface area contributed by atoms with Crippen molar-refractivity contribution in [2.75, 3.05) is 19.7 Å². The van der Waals surface area contributed by atoms with Crippen LogP contribution in [0, 0.1) is 5.41 Å². The molecule has 0 radical (unpaired) electrons. The molecule has 0 aromatic carbocycles. The average Bonchev–Trinajstić information content (AvgIpc) is 2.33. The summed E-state index contributed by atoms with van der Waals surface area (Å²) in [6, 6.07) is 0. The maximum atomic E-state index is 12.2. The van der Waals surface area contributed by atoms with E-state index in [9.17, 15) is 13.2 Å². The molecule has 0 spiro atoms. The van der Waals surface area contributed by atoms with Crippen molar-refractivity contribution in [3.8, 4) is 0 Å². The molecule has 2 nitrogen and oxygen atoms in total. The van der Waals surface area contributed by atoms with Gasteiger partial charge in [-0.05, 0) is 13.0 Å². The minimum absolute atomic E-state index is 0. The highest BCUT2D eigenvalue weighted by atomic mass is 35.5. The summed E-state index contributed by atoms with van der Waals surface area (Å²) in [4.78, 5) is 0. The number of alkyl halides is 3. The van der Waals surface area contributed by atoms with Crippen molar-refractivity contribution in [2.24, 2.45) is 5.41 Å². The molecule has 0 bridgehead atoms. The molecular formula is C6H11ClF3NO. The third-order valence-corrected chi connectivity index (χ3v) is 2.15. The van der Waals surface area contributed by atoms with Crippen LogP contribution in [0.25, 0.3) is 0 Å². The number of hydrogen-bond donors (Lipinski definition) is 2. The summed E-state index contributed by atoms with van der Waals surface area (Å²) in [6.07, 6.45) is -4.31. The van der Waals surface area contributed by atoms with Gasteiger partial charge in [0.1, 0.15) is 5.41 Å². The Hall–Kier alpha value is -0.0000000000000000486. The molecule has 0 aromatic heterocycles. The summed E-state index contributed by atoms with van der Waals surface area (Å²) in [5.74, 6) is 0. The summed E-state index contributed by atoms with van der Waals surface area (Å²) >= 11 is 0. The molecule has 1 aliphatic rings. The third kappa shape index (κ3) is 1.84. The zero-order chi connectivity index (χ0) is 8.54. The van der Waals surface area contributed by atoms with Crippen LogP contribution in [0.5, 0.6) is 0 Å². The number of nitrogens with one attached hydrogen (secondary N) is 1. The zero-order valence-electron chi connectivity index (χ0n) is 6.32. The molecule has 2 N–H and O–H groups in total. The summed E-state index contributed by atoms with van der Waals surface area (Å²) in [6.45, 7) is -0.642. The van der Waals surface area contributed by atoms with Crippen molar-refractivity contribution >= 4 is 12.4 Å². The van der Waals surface area contributed by atoms with E-state index < -0.39 is 18.2 Å². The summed E-state index contributed by atoms with van der Waals surface area (Å²) in [5, 5.41) is 11.2. The fourth-order valence-electron chi connectivity index (χ4n) is 1.21. The molecule has 0 amide bonds. The minimum Gasteiger partial charge on any atom is -0.395 e. The number of aliphatic hydroxyl groups excluding tert-OH is 1. The first-order valence-corrected chi connectivity index (χ1v) is 3.40. The van der Waals surface area contributed by atoms with Crippen LogP contribution in [0.15, 0.2) is 0 Å². The largest absolute Gasteiger partial charge is 0.397 e. The second kappa shape index (κ2) is 3.81. The Morgan fingerprint density at radius 1 is 1.42 bits per heavy atom. The molecule has 0 aliphatic carbocycles. The van der Waals surface area contributed by atoms with Gasteiger partial charge in [-0.2, -0.15) is 13.2 Å². The van der Waals surface area contributed by atoms with Crippen molar-refractivity contribution in [3.63, 3.8) is 0 Å². The van der Waals surface area contributed by atoms with Crippen molar-refractivity contribution < 1.29 is 18.3 Å². The lowest BCUT2D eigenvalue weighted by atomic mass is 9.87. The van der Waals surface area contributed by atoms with Gasteiger partial charge in [0, 0.05) is 6.54 Å². The SMILES string of the molecule is Cl.OC[C@]1(C(F)(F)F)CCNC1. The van der Waals surface area contributed by atoms with Gasteiger partial charge in [0.25, 0.3) is 0 Å². The normalized spacial score (nSPS) is 30.0. The summed E-state index contributed by atoms with van der Waals surface area (Å²) in [5.41, 5.74) is -1.88. The van der Waals surface area contributed by atoms with Crippen molar-refractivity contribution in [3.05, 3.63) is 0 Å². The van der Waals surface area contributed by atoms with E-state index in [1.165, 1.54) is 0 Å². The molecule has 74 valence electrons. The first kappa shape index (κ1) is 12.0. The van der Waals surface area contributed by atoms with Gasteiger partial charge >= 0.3 is 6.18 Å². The van der Waals surface area contributed by atoms with Crippen LogP contribution >= 0.6 is 12.4 Å². The predicted octanol–water partition coefficient (Wildman–Crippen LogP) is 0.943. The molecule has 0 aromatic rings. The second-order valence-electron chi connectivity index (χ2n) is 2.86. The summed E-state index contributed by atoms with van der Waals surface area (Å²) in [7, 11) is 0. The molecule has 0 unspecified atom stereocenters. The molecule has 1 fully saturated rings. The van der Waals surface area contributed by atoms with Crippen LogP contribution in [0.1, 0.15) is 6.42 Å². The van der Waals surface area contributed by atoms with E-state index in [1.54, 1.807) is 0 Å². The fraction of sp³-hybridized carbons (Fsp3) is 1.00. The van der Waals surface area contributed by atoms with E-state index in [2.05, 4.69) is 5.32 Å². The van der Waals surface area contributed by atoms with E-state index >= 15 is 0 Å². The molecule has 6 heteroatoms. The Balaban J connectivity index is 0.00000121. The van der Waals surface area contributed by atoms with Gasteiger partial charge in [0.15, 0.2) is 0 Å². The standard InChI is InChI=1S/C6H10F3NO.ClH/c7-6(8,9)5(4-11)1-2-10-3-5;/h10-11H,1-4H2;1H/t5-;/m0./s1. The van der Waals surface area contributed by atoms with Crippen molar-refractivity contribution in [1.29, 1.82) is 0 Å². The van der Waals surface area contributed by atoms with E-state index in [0.717, 1.165) is 0 Å². The molecule has 1 aliphatic heterocycles. The van der Waals surface area contributed by atoms with Crippen LogP contribution in [0.3, 0.4) is 0 Å². The highest BCUT2D eigenvalue weighted by Gasteiger charge is 2.55. The smallest absolute Gasteiger partial charge is 0.395 e. The van der Waals surface area contributed by atoms with Crippen LogP contribution in [0.4, 0.5) is 13.2 Å². The van der Waals surface area contributed by atoms with Gasteiger partial charge in [-0.25, -0.2) is 0 Å². The average molecular weight is 206 g/mol. The van der Waals surface area contributed by atoms with E-state index in [1.807, 2.05) is 0 Å². The lowest BCUT2D eigenvalue weighted by Gasteiger charge is -2.28. The minimum atomic E-state index is -4.29. The van der Waals surface area contributed by atoms with E-state index in [4.69, 9.17) is 5.11 Å². The van der Waals surface area contributed by atoms with E-state index in [-0.39, 0.29) is 25.4 Å². The quantitative estimate of drug-likeness (QED) is 0.668. The Morgan fingerprint density at radius 2 is 2.00 bits per heavy atom. The third-order valence-electron chi connectivity index (χ3n) is 2.15. The highest BCUT2D eigenvalue weighted by Crippen LogP contribution is 2.42. The molecule has 1 atom stereocenters. The molecular weight excluding hydrogens is 195 g/mol. The maximum Gasteiger partial charge on any atom is 0.397 e. The Kier molecular flexibility index (Phi) is 3.81. The Labute approximate surface area is 74.6 Å². The number of aliphatic hydroxyl groups is 1. The maximum absolute atomic E-state index is 12.2. The number of hydrogen-bond acceptors (Lipinski definition) is 2. The van der Waals surface area contributed by atoms with Crippen LogP contribution in [-0.2, 0) is 0 Å². The first-order valence-electron chi connectivity index (χ1n) is 3.40. The molecule has 0 saturated carbocycles. The van der Waals surface area contributed by atoms with Gasteiger partial charge in [-0.1, -0.05) is 0 Å². The lowest BCUT2D eigenvalue weighted by molar-refractivity contribution is -0.227. The van der Waals surface area contributed by atoms with E-state index in [0.29, 0.717) is 6.54 Å². The van der Waals surface area contributed by atoms with Crippen molar-refractivity contribution in [1.82, 2.24) is 5.32 Å². The van der Waals surface area contributed by atoms with Gasteiger partial charge < -0.3 is 10.4 Å².